The predicted octanol–water partition coefficient (Wildman–Crippen LogP) is 1.65. The highest BCUT2D eigenvalue weighted by molar-refractivity contribution is 7.99. The van der Waals surface area contributed by atoms with Gasteiger partial charge in [0.2, 0.25) is 0 Å². The van der Waals surface area contributed by atoms with Crippen molar-refractivity contribution < 1.29 is 4.74 Å². The number of hydrogen-bond donors (Lipinski definition) is 1. The molecule has 0 amide bonds. The number of thioether (sulfide) groups is 1. The Hall–Kier alpha value is 0.160. The lowest BCUT2D eigenvalue weighted by molar-refractivity contribution is -0.106. The van der Waals surface area contributed by atoms with Crippen LogP contribution in [0.2, 0.25) is 0 Å². The van der Waals surface area contributed by atoms with Crippen molar-refractivity contribution in [3.8, 4) is 0 Å². The number of likely N-dealkylation sites (N-methyl/N-ethyl adjacent to an activating group) is 1. The van der Waals surface area contributed by atoms with Crippen LogP contribution < -0.4 is 5.73 Å². The molecule has 1 unspecified atom stereocenters. The van der Waals surface area contributed by atoms with Crippen molar-refractivity contribution in [2.75, 3.05) is 31.7 Å². The van der Waals surface area contributed by atoms with Gasteiger partial charge >= 0.3 is 0 Å². The Balaban J connectivity index is 1.93. The van der Waals surface area contributed by atoms with Crippen molar-refractivity contribution in [2.24, 2.45) is 5.73 Å². The van der Waals surface area contributed by atoms with Crippen LogP contribution in [0.5, 0.6) is 0 Å². The van der Waals surface area contributed by atoms with Gasteiger partial charge in [-0.2, -0.15) is 11.8 Å². The van der Waals surface area contributed by atoms with Crippen LogP contribution in [0.4, 0.5) is 0 Å². The maximum Gasteiger partial charge on any atom is 0.0870 e. The second kappa shape index (κ2) is 5.87. The Kier molecular flexibility index (Phi) is 4.69. The number of nitrogens with two attached hydrogens (primary N) is 1. The van der Waals surface area contributed by atoms with Crippen LogP contribution in [0.15, 0.2) is 0 Å². The molecule has 0 aliphatic carbocycles. The van der Waals surface area contributed by atoms with Crippen LogP contribution in [-0.4, -0.2) is 53.2 Å². The van der Waals surface area contributed by atoms with Crippen LogP contribution in [0.25, 0.3) is 0 Å². The summed E-state index contributed by atoms with van der Waals surface area (Å²) < 4.78 is 6.09. The summed E-state index contributed by atoms with van der Waals surface area (Å²) in [5.74, 6) is 2.48. The first-order valence-electron chi connectivity index (χ1n) is 6.32. The minimum atomic E-state index is 0.151. The summed E-state index contributed by atoms with van der Waals surface area (Å²) in [6.45, 7) is 1.61. The molecule has 2 saturated heterocycles. The third kappa shape index (κ3) is 3.56. The molecule has 1 spiro atoms. The Labute approximate surface area is 113 Å². The molecule has 1 atom stereocenters. The topological polar surface area (TPSA) is 38.5 Å². The summed E-state index contributed by atoms with van der Waals surface area (Å²) in [5, 5.41) is 0. The van der Waals surface area contributed by atoms with Crippen LogP contribution in [0.1, 0.15) is 25.7 Å². The molecule has 0 saturated carbocycles. The summed E-state index contributed by atoms with van der Waals surface area (Å²) in [7, 11) is 2.13. The van der Waals surface area contributed by atoms with E-state index in [1.54, 1.807) is 0 Å². The minimum Gasteiger partial charge on any atom is -0.392 e. The molecule has 2 aliphatic rings. The molecule has 17 heavy (non-hydrogen) atoms. The molecule has 0 aromatic heterocycles. The van der Waals surface area contributed by atoms with E-state index in [4.69, 9.17) is 22.7 Å². The highest BCUT2D eigenvalue weighted by Gasteiger charge is 2.39. The minimum absolute atomic E-state index is 0.151. The van der Waals surface area contributed by atoms with Gasteiger partial charge in [0.1, 0.15) is 0 Å². The molecule has 5 heteroatoms. The van der Waals surface area contributed by atoms with Gasteiger partial charge in [-0.1, -0.05) is 12.2 Å². The Morgan fingerprint density at radius 3 is 2.88 bits per heavy atom. The van der Waals surface area contributed by atoms with Crippen molar-refractivity contribution in [2.45, 2.75) is 37.3 Å². The average molecular weight is 274 g/mol. The molecule has 0 aromatic carbocycles. The van der Waals surface area contributed by atoms with Crippen molar-refractivity contribution in [3.63, 3.8) is 0 Å². The molecule has 2 aliphatic heterocycles. The molecule has 0 bridgehead atoms. The summed E-state index contributed by atoms with van der Waals surface area (Å²) in [4.78, 5) is 2.89. The predicted molar refractivity (Wildman–Crippen MR) is 77.7 cm³/mol. The summed E-state index contributed by atoms with van der Waals surface area (Å²) in [5.41, 5.74) is 5.78. The van der Waals surface area contributed by atoms with Crippen molar-refractivity contribution in [3.05, 3.63) is 0 Å². The summed E-state index contributed by atoms with van der Waals surface area (Å²) in [6.07, 6.45) is 4.66. The highest BCUT2D eigenvalue weighted by atomic mass is 32.2. The van der Waals surface area contributed by atoms with E-state index < -0.39 is 0 Å². The van der Waals surface area contributed by atoms with E-state index in [0.717, 1.165) is 26.0 Å². The molecular weight excluding hydrogens is 252 g/mol. The van der Waals surface area contributed by atoms with Gasteiger partial charge in [0.05, 0.1) is 10.6 Å². The van der Waals surface area contributed by atoms with Crippen molar-refractivity contribution >= 4 is 29.0 Å². The number of ether oxygens (including phenoxy) is 1. The fourth-order valence-corrected chi connectivity index (χ4v) is 4.29. The van der Waals surface area contributed by atoms with E-state index in [1.807, 2.05) is 11.8 Å². The third-order valence-electron chi connectivity index (χ3n) is 3.90. The fourth-order valence-electron chi connectivity index (χ4n) is 2.84. The maximum atomic E-state index is 6.09. The molecule has 2 heterocycles. The quantitative estimate of drug-likeness (QED) is 0.792. The Bertz CT molecular complexity index is 274. The van der Waals surface area contributed by atoms with Gasteiger partial charge in [-0.05, 0) is 44.2 Å². The number of nitrogens with zero attached hydrogens (tertiary/aromatic N) is 1. The van der Waals surface area contributed by atoms with Gasteiger partial charge in [0.15, 0.2) is 0 Å². The van der Waals surface area contributed by atoms with Gasteiger partial charge in [0.25, 0.3) is 0 Å². The molecule has 0 radical (unpaired) electrons. The fraction of sp³-hybridized carbons (Fsp3) is 0.917. The zero-order valence-corrected chi connectivity index (χ0v) is 12.1. The van der Waals surface area contributed by atoms with Gasteiger partial charge < -0.3 is 10.5 Å². The van der Waals surface area contributed by atoms with Gasteiger partial charge in [0, 0.05) is 19.2 Å². The van der Waals surface area contributed by atoms with Crippen LogP contribution >= 0.6 is 24.0 Å². The van der Waals surface area contributed by atoms with Crippen molar-refractivity contribution in [1.29, 1.82) is 0 Å². The van der Waals surface area contributed by atoms with Gasteiger partial charge in [-0.25, -0.2) is 0 Å². The molecule has 2 rings (SSSR count). The normalized spacial score (nSPS) is 28.5. The zero-order chi connectivity index (χ0) is 12.3. The highest BCUT2D eigenvalue weighted by Crippen LogP contribution is 2.38. The van der Waals surface area contributed by atoms with E-state index in [1.165, 1.54) is 24.3 Å². The zero-order valence-electron chi connectivity index (χ0n) is 10.5. The lowest BCUT2D eigenvalue weighted by atomic mass is 9.85. The second-order valence-corrected chi connectivity index (χ2v) is 6.92. The lowest BCUT2D eigenvalue weighted by Crippen LogP contribution is -2.50. The lowest BCUT2D eigenvalue weighted by Gasteiger charge is -2.45. The van der Waals surface area contributed by atoms with Crippen LogP contribution in [0, 0.1) is 0 Å². The molecule has 2 N–H and O–H groups in total. The standard InChI is InChI=1S/C12H22N2OS2/c1-14(9-11(13)16)10-2-5-15-12(8-10)3-6-17-7-4-12/h10H,2-9H2,1H3,(H2,13,16). The van der Waals surface area contributed by atoms with E-state index in [-0.39, 0.29) is 5.60 Å². The van der Waals surface area contributed by atoms with E-state index in [2.05, 4.69) is 11.9 Å². The SMILES string of the molecule is CN(CC(N)=S)C1CCOC2(CCSCC2)C1. The first-order chi connectivity index (χ1) is 8.11. The average Bonchev–Trinajstić information content (AvgIpc) is 2.29. The molecule has 2 fully saturated rings. The maximum absolute atomic E-state index is 6.09. The molecular formula is C12H22N2OS2. The van der Waals surface area contributed by atoms with Crippen molar-refractivity contribution in [1.82, 2.24) is 4.90 Å². The smallest absolute Gasteiger partial charge is 0.0870 e. The first kappa shape index (κ1) is 13.6. The van der Waals surface area contributed by atoms with E-state index in [0.29, 0.717) is 11.0 Å². The van der Waals surface area contributed by atoms with Gasteiger partial charge in [-0.3, -0.25) is 4.90 Å². The van der Waals surface area contributed by atoms with E-state index in [9.17, 15) is 0 Å². The molecule has 0 aromatic rings. The molecule has 98 valence electrons. The van der Waals surface area contributed by atoms with Gasteiger partial charge in [-0.15, -0.1) is 0 Å². The number of rotatable bonds is 3. The number of hydrogen-bond acceptors (Lipinski definition) is 4. The Morgan fingerprint density at radius 1 is 1.53 bits per heavy atom. The Morgan fingerprint density at radius 2 is 2.24 bits per heavy atom. The molecule has 3 nitrogen and oxygen atoms in total. The summed E-state index contributed by atoms with van der Waals surface area (Å²) in [6, 6.07) is 0.577. The van der Waals surface area contributed by atoms with E-state index >= 15 is 0 Å². The first-order valence-corrected chi connectivity index (χ1v) is 7.88. The third-order valence-corrected chi connectivity index (χ3v) is 5.01. The number of thiocarbonyl (C=S) groups is 1. The van der Waals surface area contributed by atoms with Crippen LogP contribution in [0.3, 0.4) is 0 Å². The second-order valence-electron chi connectivity index (χ2n) is 5.17. The largest absolute Gasteiger partial charge is 0.392 e. The monoisotopic (exact) mass is 274 g/mol. The van der Waals surface area contributed by atoms with Crippen LogP contribution in [-0.2, 0) is 4.74 Å². The summed E-state index contributed by atoms with van der Waals surface area (Å²) >= 11 is 7.04.